The lowest BCUT2D eigenvalue weighted by molar-refractivity contribution is -0.107. The molecule has 0 radical (unpaired) electrons. The molecule has 0 aromatic heterocycles. The molecule has 0 saturated heterocycles. The second-order valence-corrected chi connectivity index (χ2v) is 3.25. The van der Waals surface area contributed by atoms with Crippen molar-refractivity contribution in [2.45, 2.75) is 19.8 Å². The van der Waals surface area contributed by atoms with Crippen LogP contribution in [0.5, 0.6) is 11.5 Å². The number of methoxy groups -OCH3 is 1. The van der Waals surface area contributed by atoms with Gasteiger partial charge in [0.05, 0.1) is 7.11 Å². The Morgan fingerprint density at radius 2 is 2.27 bits per heavy atom. The number of aromatic hydroxyl groups is 1. The van der Waals surface area contributed by atoms with Gasteiger partial charge >= 0.3 is 0 Å². The normalized spacial score (nSPS) is 10.1. The van der Waals surface area contributed by atoms with Crippen molar-refractivity contribution in [2.75, 3.05) is 7.11 Å². The SMILES string of the molecule is COc1c(O)c(C)cc(CCC=O)c1F. The zero-order chi connectivity index (χ0) is 11.4. The molecular formula is C11H13FO3. The van der Waals surface area contributed by atoms with Gasteiger partial charge in [-0.3, -0.25) is 0 Å². The summed E-state index contributed by atoms with van der Waals surface area (Å²) < 4.78 is 18.4. The van der Waals surface area contributed by atoms with Crippen molar-refractivity contribution >= 4 is 6.29 Å². The van der Waals surface area contributed by atoms with Crippen LogP contribution in [0.2, 0.25) is 0 Å². The number of phenolic OH excluding ortho intramolecular Hbond substituents is 1. The number of ether oxygens (including phenoxy) is 1. The molecule has 0 aliphatic heterocycles. The van der Waals surface area contributed by atoms with E-state index in [2.05, 4.69) is 0 Å². The topological polar surface area (TPSA) is 46.5 Å². The Balaban J connectivity index is 3.17. The average molecular weight is 212 g/mol. The molecule has 0 aliphatic carbocycles. The molecular weight excluding hydrogens is 199 g/mol. The molecule has 15 heavy (non-hydrogen) atoms. The standard InChI is InChI=1S/C11H13FO3/c1-7-6-8(4-3-5-13)9(12)11(15-2)10(7)14/h5-6,14H,3-4H2,1-2H3. The maximum atomic E-state index is 13.6. The predicted octanol–water partition coefficient (Wildman–Crippen LogP) is 1.98. The Kier molecular flexibility index (Phi) is 3.66. The number of carbonyl (C=O) groups excluding carboxylic acids is 1. The van der Waals surface area contributed by atoms with E-state index in [1.165, 1.54) is 13.2 Å². The van der Waals surface area contributed by atoms with E-state index >= 15 is 0 Å². The van der Waals surface area contributed by atoms with Gasteiger partial charge in [0, 0.05) is 6.42 Å². The van der Waals surface area contributed by atoms with Crippen LogP contribution in [0.4, 0.5) is 4.39 Å². The first-order valence-corrected chi connectivity index (χ1v) is 4.60. The zero-order valence-corrected chi connectivity index (χ0v) is 8.71. The van der Waals surface area contributed by atoms with Gasteiger partial charge in [-0.15, -0.1) is 0 Å². The number of hydrogen-bond donors (Lipinski definition) is 1. The fraction of sp³-hybridized carbons (Fsp3) is 0.364. The molecule has 3 nitrogen and oxygen atoms in total. The summed E-state index contributed by atoms with van der Waals surface area (Å²) in [5.74, 6) is -0.941. The second-order valence-electron chi connectivity index (χ2n) is 3.25. The first kappa shape index (κ1) is 11.5. The molecule has 1 rings (SSSR count). The maximum absolute atomic E-state index is 13.6. The lowest BCUT2D eigenvalue weighted by Gasteiger charge is -2.11. The lowest BCUT2D eigenvalue weighted by Crippen LogP contribution is -1.98. The Morgan fingerprint density at radius 1 is 1.60 bits per heavy atom. The summed E-state index contributed by atoms with van der Waals surface area (Å²) in [6.07, 6.45) is 1.30. The summed E-state index contributed by atoms with van der Waals surface area (Å²) >= 11 is 0. The van der Waals surface area contributed by atoms with Crippen LogP contribution in [0.15, 0.2) is 6.07 Å². The van der Waals surface area contributed by atoms with Crippen molar-refractivity contribution < 1.29 is 19.0 Å². The summed E-state index contributed by atoms with van der Waals surface area (Å²) in [5, 5.41) is 9.49. The molecule has 0 spiro atoms. The number of phenols is 1. The highest BCUT2D eigenvalue weighted by molar-refractivity contribution is 5.53. The minimum atomic E-state index is -0.595. The third kappa shape index (κ3) is 2.26. The van der Waals surface area contributed by atoms with Gasteiger partial charge in [0.25, 0.3) is 0 Å². The van der Waals surface area contributed by atoms with Crippen LogP contribution < -0.4 is 4.74 Å². The quantitative estimate of drug-likeness (QED) is 0.776. The molecule has 82 valence electrons. The molecule has 0 amide bonds. The Morgan fingerprint density at radius 3 is 2.80 bits per heavy atom. The van der Waals surface area contributed by atoms with Crippen LogP contribution in [0.1, 0.15) is 17.5 Å². The first-order valence-electron chi connectivity index (χ1n) is 4.60. The van der Waals surface area contributed by atoms with E-state index < -0.39 is 5.82 Å². The first-order chi connectivity index (χ1) is 7.11. The van der Waals surface area contributed by atoms with Gasteiger partial charge in [-0.05, 0) is 30.5 Å². The number of rotatable bonds is 4. The molecule has 0 bridgehead atoms. The van der Waals surface area contributed by atoms with Crippen molar-refractivity contribution in [2.24, 2.45) is 0 Å². The Bertz CT molecular complexity index is 375. The molecule has 0 fully saturated rings. The highest BCUT2D eigenvalue weighted by Gasteiger charge is 2.15. The van der Waals surface area contributed by atoms with Gasteiger partial charge < -0.3 is 14.6 Å². The number of aldehydes is 1. The number of aryl methyl sites for hydroxylation is 2. The summed E-state index contributed by atoms with van der Waals surface area (Å²) in [4.78, 5) is 10.2. The molecule has 0 heterocycles. The van der Waals surface area contributed by atoms with Crippen LogP contribution in [0.25, 0.3) is 0 Å². The van der Waals surface area contributed by atoms with Gasteiger partial charge in [0.15, 0.2) is 17.3 Å². The Labute approximate surface area is 87.5 Å². The van der Waals surface area contributed by atoms with Gasteiger partial charge in [0.2, 0.25) is 0 Å². The fourth-order valence-corrected chi connectivity index (χ4v) is 1.40. The van der Waals surface area contributed by atoms with E-state index in [1.807, 2.05) is 0 Å². The van der Waals surface area contributed by atoms with E-state index in [9.17, 15) is 14.3 Å². The van der Waals surface area contributed by atoms with E-state index in [0.29, 0.717) is 17.5 Å². The third-order valence-corrected chi connectivity index (χ3v) is 2.20. The molecule has 1 N–H and O–H groups in total. The highest BCUT2D eigenvalue weighted by Crippen LogP contribution is 2.34. The van der Waals surface area contributed by atoms with Crippen molar-refractivity contribution in [3.63, 3.8) is 0 Å². The van der Waals surface area contributed by atoms with Crippen molar-refractivity contribution in [3.8, 4) is 11.5 Å². The molecule has 4 heteroatoms. The third-order valence-electron chi connectivity index (χ3n) is 2.20. The highest BCUT2D eigenvalue weighted by atomic mass is 19.1. The van der Waals surface area contributed by atoms with Gasteiger partial charge in [-0.2, -0.15) is 0 Å². The van der Waals surface area contributed by atoms with Crippen LogP contribution in [0.3, 0.4) is 0 Å². The number of benzene rings is 1. The number of hydrogen-bond acceptors (Lipinski definition) is 3. The summed E-state index contributed by atoms with van der Waals surface area (Å²) in [5.41, 5.74) is 0.920. The second kappa shape index (κ2) is 4.77. The largest absolute Gasteiger partial charge is 0.504 e. The minimum Gasteiger partial charge on any atom is -0.504 e. The smallest absolute Gasteiger partial charge is 0.197 e. The number of halogens is 1. The van der Waals surface area contributed by atoms with Crippen molar-refractivity contribution in [1.82, 2.24) is 0 Å². The molecule has 0 aliphatic rings. The van der Waals surface area contributed by atoms with Crippen molar-refractivity contribution in [3.05, 3.63) is 23.0 Å². The molecule has 1 aromatic rings. The molecule has 0 saturated carbocycles. The van der Waals surface area contributed by atoms with E-state index in [0.717, 1.165) is 6.29 Å². The van der Waals surface area contributed by atoms with E-state index in [4.69, 9.17) is 4.74 Å². The monoisotopic (exact) mass is 212 g/mol. The molecule has 0 atom stereocenters. The van der Waals surface area contributed by atoms with Gasteiger partial charge in [-0.1, -0.05) is 0 Å². The van der Waals surface area contributed by atoms with Gasteiger partial charge in [0.1, 0.15) is 6.29 Å². The average Bonchev–Trinajstić information content (AvgIpc) is 2.22. The fourth-order valence-electron chi connectivity index (χ4n) is 1.40. The predicted molar refractivity (Wildman–Crippen MR) is 53.7 cm³/mol. The zero-order valence-electron chi connectivity index (χ0n) is 8.71. The Hall–Kier alpha value is -1.58. The maximum Gasteiger partial charge on any atom is 0.197 e. The molecule has 0 unspecified atom stereocenters. The van der Waals surface area contributed by atoms with E-state index in [1.54, 1.807) is 6.92 Å². The van der Waals surface area contributed by atoms with Crippen LogP contribution >= 0.6 is 0 Å². The van der Waals surface area contributed by atoms with Crippen LogP contribution in [-0.4, -0.2) is 18.5 Å². The summed E-state index contributed by atoms with van der Waals surface area (Å²) in [6.45, 7) is 1.65. The summed E-state index contributed by atoms with van der Waals surface area (Å²) in [6, 6.07) is 1.52. The minimum absolute atomic E-state index is 0.157. The van der Waals surface area contributed by atoms with Crippen LogP contribution in [-0.2, 0) is 11.2 Å². The van der Waals surface area contributed by atoms with Crippen LogP contribution in [0, 0.1) is 12.7 Å². The van der Waals surface area contributed by atoms with Crippen molar-refractivity contribution in [1.29, 1.82) is 0 Å². The lowest BCUT2D eigenvalue weighted by atomic mass is 10.0. The molecule has 1 aromatic carbocycles. The van der Waals surface area contributed by atoms with E-state index in [-0.39, 0.29) is 17.9 Å². The summed E-state index contributed by atoms with van der Waals surface area (Å²) in [7, 11) is 1.29. The number of carbonyl (C=O) groups is 1. The van der Waals surface area contributed by atoms with Gasteiger partial charge in [-0.25, -0.2) is 4.39 Å².